The zero-order chi connectivity index (χ0) is 13.1. The predicted molar refractivity (Wildman–Crippen MR) is 76.0 cm³/mol. The van der Waals surface area contributed by atoms with Gasteiger partial charge in [-0.3, -0.25) is 0 Å². The molecule has 17 heavy (non-hydrogen) atoms. The fraction of sp³-hybridized carbons (Fsp3) is 1.00. The minimum absolute atomic E-state index is 0.250. The second-order valence-corrected chi connectivity index (χ2v) is 7.00. The topological polar surface area (TPSA) is 29.3 Å². The average Bonchev–Trinajstić information content (AvgIpc) is 2.24. The molecule has 0 aromatic carbocycles. The van der Waals surface area contributed by atoms with Crippen molar-refractivity contribution in [1.29, 1.82) is 0 Å². The number of hydrogen-bond acceptors (Lipinski definition) is 2. The molecule has 0 aromatic heterocycles. The van der Waals surface area contributed by atoms with Gasteiger partial charge in [0, 0.05) is 12.6 Å². The molecule has 0 amide bonds. The standard InChI is InChI=1S/C15H32N2/c1-6-17(11-15(4,5)10-16)14-8-12(2)7-13(3)9-14/h12-14H,6-11,16H2,1-5H3. The third-order valence-corrected chi connectivity index (χ3v) is 4.26. The molecule has 0 aromatic rings. The van der Waals surface area contributed by atoms with Crippen LogP contribution in [-0.4, -0.2) is 30.6 Å². The van der Waals surface area contributed by atoms with E-state index in [1.165, 1.54) is 19.3 Å². The van der Waals surface area contributed by atoms with E-state index < -0.39 is 0 Å². The molecule has 2 heteroatoms. The maximum atomic E-state index is 5.87. The predicted octanol–water partition coefficient (Wildman–Crippen LogP) is 3.12. The molecule has 2 atom stereocenters. The Morgan fingerprint density at radius 1 is 1.12 bits per heavy atom. The number of rotatable bonds is 5. The van der Waals surface area contributed by atoms with Crippen LogP contribution in [0.3, 0.4) is 0 Å². The van der Waals surface area contributed by atoms with E-state index in [1.807, 2.05) is 0 Å². The van der Waals surface area contributed by atoms with Gasteiger partial charge >= 0.3 is 0 Å². The van der Waals surface area contributed by atoms with E-state index in [2.05, 4.69) is 39.5 Å². The van der Waals surface area contributed by atoms with Crippen LogP contribution in [0.2, 0.25) is 0 Å². The molecule has 2 N–H and O–H groups in total. The van der Waals surface area contributed by atoms with E-state index in [1.54, 1.807) is 0 Å². The number of nitrogens with zero attached hydrogens (tertiary/aromatic N) is 1. The first-order chi connectivity index (χ1) is 7.88. The highest BCUT2D eigenvalue weighted by molar-refractivity contribution is 4.84. The number of nitrogens with two attached hydrogens (primary N) is 1. The maximum Gasteiger partial charge on any atom is 0.0100 e. The van der Waals surface area contributed by atoms with E-state index in [0.29, 0.717) is 0 Å². The molecule has 102 valence electrons. The smallest absolute Gasteiger partial charge is 0.0100 e. The average molecular weight is 240 g/mol. The fourth-order valence-electron chi connectivity index (χ4n) is 3.32. The van der Waals surface area contributed by atoms with Crippen LogP contribution >= 0.6 is 0 Å². The van der Waals surface area contributed by atoms with E-state index in [9.17, 15) is 0 Å². The largest absolute Gasteiger partial charge is 0.330 e. The summed E-state index contributed by atoms with van der Waals surface area (Å²) in [6, 6.07) is 0.782. The zero-order valence-electron chi connectivity index (χ0n) is 12.5. The van der Waals surface area contributed by atoms with Crippen LogP contribution in [0.1, 0.15) is 53.9 Å². The maximum absolute atomic E-state index is 5.87. The van der Waals surface area contributed by atoms with Crippen LogP contribution in [0.5, 0.6) is 0 Å². The molecule has 0 saturated heterocycles. The normalized spacial score (nSPS) is 30.9. The van der Waals surface area contributed by atoms with Crippen molar-refractivity contribution in [2.45, 2.75) is 59.9 Å². The summed E-state index contributed by atoms with van der Waals surface area (Å²) in [5, 5.41) is 0. The van der Waals surface area contributed by atoms with Gasteiger partial charge in [-0.15, -0.1) is 0 Å². The molecule has 2 nitrogen and oxygen atoms in total. The summed E-state index contributed by atoms with van der Waals surface area (Å²) in [5.74, 6) is 1.78. The Morgan fingerprint density at radius 3 is 2.06 bits per heavy atom. The van der Waals surface area contributed by atoms with Crippen molar-refractivity contribution in [3.63, 3.8) is 0 Å². The Morgan fingerprint density at radius 2 is 1.65 bits per heavy atom. The first-order valence-electron chi connectivity index (χ1n) is 7.32. The molecule has 1 fully saturated rings. The summed E-state index contributed by atoms with van der Waals surface area (Å²) >= 11 is 0. The van der Waals surface area contributed by atoms with Gasteiger partial charge in [-0.2, -0.15) is 0 Å². The second kappa shape index (κ2) is 6.19. The molecule has 0 spiro atoms. The quantitative estimate of drug-likeness (QED) is 0.800. The summed E-state index contributed by atoms with van der Waals surface area (Å²) in [5.41, 5.74) is 6.12. The van der Waals surface area contributed by atoms with Gasteiger partial charge in [0.15, 0.2) is 0 Å². The molecule has 0 radical (unpaired) electrons. The Hall–Kier alpha value is -0.0800. The van der Waals surface area contributed by atoms with E-state index in [-0.39, 0.29) is 5.41 Å². The van der Waals surface area contributed by atoms with E-state index >= 15 is 0 Å². The van der Waals surface area contributed by atoms with E-state index in [0.717, 1.165) is 37.5 Å². The molecule has 1 aliphatic rings. The SMILES string of the molecule is CCN(CC(C)(C)CN)C1CC(C)CC(C)C1. The van der Waals surface area contributed by atoms with Crippen molar-refractivity contribution >= 4 is 0 Å². The van der Waals surface area contributed by atoms with Crippen molar-refractivity contribution in [1.82, 2.24) is 4.90 Å². The van der Waals surface area contributed by atoms with Crippen LogP contribution in [0.4, 0.5) is 0 Å². The second-order valence-electron chi connectivity index (χ2n) is 7.00. The fourth-order valence-corrected chi connectivity index (χ4v) is 3.32. The lowest BCUT2D eigenvalue weighted by Gasteiger charge is -2.42. The van der Waals surface area contributed by atoms with Crippen LogP contribution < -0.4 is 5.73 Å². The van der Waals surface area contributed by atoms with Crippen molar-refractivity contribution < 1.29 is 0 Å². The summed E-state index contributed by atoms with van der Waals surface area (Å²) in [6.07, 6.45) is 4.16. The minimum Gasteiger partial charge on any atom is -0.330 e. The zero-order valence-corrected chi connectivity index (χ0v) is 12.5. The number of hydrogen-bond donors (Lipinski definition) is 1. The van der Waals surface area contributed by atoms with Gasteiger partial charge in [0.05, 0.1) is 0 Å². The van der Waals surface area contributed by atoms with Crippen LogP contribution in [0.15, 0.2) is 0 Å². The third kappa shape index (κ3) is 4.59. The monoisotopic (exact) mass is 240 g/mol. The Bertz CT molecular complexity index is 215. The molecular weight excluding hydrogens is 208 g/mol. The molecule has 0 bridgehead atoms. The Kier molecular flexibility index (Phi) is 5.46. The Labute approximate surface area is 108 Å². The highest BCUT2D eigenvalue weighted by atomic mass is 15.2. The molecule has 1 aliphatic carbocycles. The molecule has 0 aliphatic heterocycles. The molecular formula is C15H32N2. The first kappa shape index (κ1) is 15.0. The highest BCUT2D eigenvalue weighted by Crippen LogP contribution is 2.32. The van der Waals surface area contributed by atoms with Crippen molar-refractivity contribution in [2.75, 3.05) is 19.6 Å². The van der Waals surface area contributed by atoms with Crippen LogP contribution in [-0.2, 0) is 0 Å². The highest BCUT2D eigenvalue weighted by Gasteiger charge is 2.30. The molecule has 1 saturated carbocycles. The van der Waals surface area contributed by atoms with Crippen LogP contribution in [0.25, 0.3) is 0 Å². The van der Waals surface area contributed by atoms with Gasteiger partial charge in [0.25, 0.3) is 0 Å². The third-order valence-electron chi connectivity index (χ3n) is 4.26. The van der Waals surface area contributed by atoms with Gasteiger partial charge in [0.2, 0.25) is 0 Å². The van der Waals surface area contributed by atoms with Gasteiger partial charge < -0.3 is 10.6 Å². The summed E-state index contributed by atoms with van der Waals surface area (Å²) in [7, 11) is 0. The summed E-state index contributed by atoms with van der Waals surface area (Å²) < 4.78 is 0. The lowest BCUT2D eigenvalue weighted by molar-refractivity contribution is 0.0805. The van der Waals surface area contributed by atoms with Crippen molar-refractivity contribution in [2.24, 2.45) is 23.0 Å². The molecule has 2 unspecified atom stereocenters. The Balaban J connectivity index is 2.60. The summed E-state index contributed by atoms with van der Waals surface area (Å²) in [4.78, 5) is 2.67. The van der Waals surface area contributed by atoms with Crippen molar-refractivity contribution in [3.8, 4) is 0 Å². The van der Waals surface area contributed by atoms with Crippen molar-refractivity contribution in [3.05, 3.63) is 0 Å². The van der Waals surface area contributed by atoms with Crippen LogP contribution in [0, 0.1) is 17.3 Å². The van der Waals surface area contributed by atoms with Gasteiger partial charge in [-0.05, 0) is 49.6 Å². The minimum atomic E-state index is 0.250. The first-order valence-corrected chi connectivity index (χ1v) is 7.32. The van der Waals surface area contributed by atoms with Gasteiger partial charge in [0.1, 0.15) is 0 Å². The van der Waals surface area contributed by atoms with Gasteiger partial charge in [-0.25, -0.2) is 0 Å². The van der Waals surface area contributed by atoms with Gasteiger partial charge in [-0.1, -0.05) is 34.6 Å². The lowest BCUT2D eigenvalue weighted by Crippen LogP contribution is -2.46. The lowest BCUT2D eigenvalue weighted by atomic mass is 9.79. The molecule has 0 heterocycles. The summed E-state index contributed by atoms with van der Waals surface area (Å²) in [6.45, 7) is 14.8. The molecule has 1 rings (SSSR count). The van der Waals surface area contributed by atoms with E-state index in [4.69, 9.17) is 5.73 Å².